The van der Waals surface area contributed by atoms with E-state index in [4.69, 9.17) is 19.9 Å². The maximum atomic E-state index is 14.5. The van der Waals surface area contributed by atoms with Crippen molar-refractivity contribution >= 4 is 22.6 Å². The van der Waals surface area contributed by atoms with Crippen molar-refractivity contribution in [1.82, 2.24) is 10.3 Å². The van der Waals surface area contributed by atoms with Crippen molar-refractivity contribution in [3.8, 4) is 11.6 Å². The first kappa shape index (κ1) is 19.8. The number of halogens is 1. The molecule has 1 aliphatic rings. The monoisotopic (exact) mass is 391 g/mol. The number of amides is 2. The second-order valence-corrected chi connectivity index (χ2v) is 6.66. The molecule has 3 rings (SSSR count). The van der Waals surface area contributed by atoms with Crippen LogP contribution in [0, 0.1) is 0 Å². The molecule has 0 unspecified atom stereocenters. The summed E-state index contributed by atoms with van der Waals surface area (Å²) in [5.74, 6) is -0.589. The summed E-state index contributed by atoms with van der Waals surface area (Å²) in [6, 6.07) is 4.64. The van der Waals surface area contributed by atoms with Crippen molar-refractivity contribution in [1.29, 1.82) is 0 Å². The van der Waals surface area contributed by atoms with Crippen LogP contribution in [0.3, 0.4) is 0 Å². The average molecular weight is 391 g/mol. The number of nitrogens with zero attached hydrogens (tertiary/aromatic N) is 1. The first-order valence-corrected chi connectivity index (χ1v) is 8.76. The van der Waals surface area contributed by atoms with E-state index in [1.807, 2.05) is 0 Å². The van der Waals surface area contributed by atoms with Crippen LogP contribution < -0.4 is 20.5 Å². The van der Waals surface area contributed by atoms with Crippen LogP contribution in [0.1, 0.15) is 23.2 Å². The minimum absolute atomic E-state index is 0.0296. The highest BCUT2D eigenvalue weighted by Gasteiger charge is 2.47. The molecular formula is C19H22FN3O5. The smallest absolute Gasteiger partial charge is 0.260 e. The van der Waals surface area contributed by atoms with E-state index in [9.17, 15) is 14.0 Å². The maximum absolute atomic E-state index is 14.5. The number of methoxy groups -OCH3 is 2. The largest absolute Gasteiger partial charge is 0.496 e. The number of carbonyl (C=O) groups is 2. The summed E-state index contributed by atoms with van der Waals surface area (Å²) in [7, 11) is 2.80. The summed E-state index contributed by atoms with van der Waals surface area (Å²) < 4.78 is 30.2. The molecule has 0 radical (unpaired) electrons. The van der Waals surface area contributed by atoms with Gasteiger partial charge in [0.25, 0.3) is 11.8 Å². The molecule has 0 bridgehead atoms. The summed E-state index contributed by atoms with van der Waals surface area (Å²) in [5.41, 5.74) is 3.64. The predicted octanol–water partition coefficient (Wildman–Crippen LogP) is 1.35. The Bertz CT molecular complexity index is 907. The lowest BCUT2D eigenvalue weighted by Crippen LogP contribution is -2.37. The number of fused-ring (bicyclic) bond motifs is 1. The highest BCUT2D eigenvalue weighted by molar-refractivity contribution is 6.01. The van der Waals surface area contributed by atoms with Crippen molar-refractivity contribution in [3.05, 3.63) is 30.0 Å². The molecule has 1 aromatic carbocycles. The van der Waals surface area contributed by atoms with Crippen LogP contribution in [0.2, 0.25) is 0 Å². The number of rotatable bonds is 8. The van der Waals surface area contributed by atoms with Crippen molar-refractivity contribution in [2.45, 2.75) is 24.6 Å². The van der Waals surface area contributed by atoms with Gasteiger partial charge in [-0.2, -0.15) is 0 Å². The normalized spacial score (nSPS) is 21.5. The third-order valence-electron chi connectivity index (χ3n) is 4.70. The molecule has 28 heavy (non-hydrogen) atoms. The number of ether oxygens (including phenoxy) is 3. The van der Waals surface area contributed by atoms with Gasteiger partial charge in [-0.1, -0.05) is 0 Å². The molecule has 2 heterocycles. The number of carbonyl (C=O) groups excluding carboxylic acids is 2. The SMILES string of the molecule is COC[C@]1(F)C[C@@H](CCOc2nccc3cc(C(N)=O)c(OC)cc23)NC1=O. The molecule has 0 spiro atoms. The molecular weight excluding hydrogens is 369 g/mol. The molecule has 2 amide bonds. The number of hydrogen-bond donors (Lipinski definition) is 2. The van der Waals surface area contributed by atoms with Crippen LogP contribution in [-0.2, 0) is 9.53 Å². The van der Waals surface area contributed by atoms with Gasteiger partial charge in [-0.15, -0.1) is 0 Å². The van der Waals surface area contributed by atoms with E-state index in [2.05, 4.69) is 10.3 Å². The Morgan fingerprint density at radius 3 is 2.89 bits per heavy atom. The van der Waals surface area contributed by atoms with E-state index in [0.717, 1.165) is 5.39 Å². The minimum Gasteiger partial charge on any atom is -0.496 e. The second kappa shape index (κ2) is 7.97. The molecule has 0 saturated carbocycles. The molecule has 150 valence electrons. The summed E-state index contributed by atoms with van der Waals surface area (Å²) >= 11 is 0. The van der Waals surface area contributed by atoms with E-state index in [1.165, 1.54) is 14.2 Å². The lowest BCUT2D eigenvalue weighted by atomic mass is 10.0. The van der Waals surface area contributed by atoms with Gasteiger partial charge in [-0.05, 0) is 23.6 Å². The number of alkyl halides is 1. The van der Waals surface area contributed by atoms with Gasteiger partial charge in [0.1, 0.15) is 5.75 Å². The van der Waals surface area contributed by atoms with Crippen LogP contribution in [0.4, 0.5) is 4.39 Å². The number of pyridine rings is 1. The summed E-state index contributed by atoms with van der Waals surface area (Å²) in [6.45, 7) is -0.0525. The molecule has 9 heteroatoms. The standard InChI is InChI=1S/C19H22FN3O5/c1-26-10-19(20)9-12(23-18(19)25)4-6-28-17-13-8-15(27-2)14(16(21)24)7-11(13)3-5-22-17/h3,5,7-8,12H,4,6,9-10H2,1-2H3,(H2,21,24)(H,23,25)/t12-,19-/m1/s1. The predicted molar refractivity (Wildman–Crippen MR) is 99.2 cm³/mol. The van der Waals surface area contributed by atoms with Crippen molar-refractivity contribution in [3.63, 3.8) is 0 Å². The molecule has 1 saturated heterocycles. The number of nitrogens with one attached hydrogen (secondary N) is 1. The van der Waals surface area contributed by atoms with Gasteiger partial charge >= 0.3 is 0 Å². The molecule has 8 nitrogen and oxygen atoms in total. The molecule has 1 fully saturated rings. The number of benzene rings is 1. The zero-order chi connectivity index (χ0) is 20.3. The van der Waals surface area contributed by atoms with Gasteiger partial charge in [0, 0.05) is 37.6 Å². The maximum Gasteiger partial charge on any atom is 0.260 e. The highest BCUT2D eigenvalue weighted by atomic mass is 19.1. The highest BCUT2D eigenvalue weighted by Crippen LogP contribution is 2.31. The topological polar surface area (TPSA) is 113 Å². The Morgan fingerprint density at radius 2 is 2.21 bits per heavy atom. The fourth-order valence-electron chi connectivity index (χ4n) is 3.33. The minimum atomic E-state index is -2.00. The molecule has 2 aromatic rings. The molecule has 2 atom stereocenters. The van der Waals surface area contributed by atoms with E-state index in [1.54, 1.807) is 24.4 Å². The van der Waals surface area contributed by atoms with Crippen LogP contribution in [0.25, 0.3) is 10.8 Å². The Labute approximate surface area is 161 Å². The van der Waals surface area contributed by atoms with Gasteiger partial charge in [0.15, 0.2) is 0 Å². The Kier molecular flexibility index (Phi) is 5.64. The molecule has 3 N–H and O–H groups in total. The van der Waals surface area contributed by atoms with Crippen molar-refractivity contribution in [2.75, 3.05) is 27.4 Å². The number of hydrogen-bond acceptors (Lipinski definition) is 6. The Morgan fingerprint density at radius 1 is 1.43 bits per heavy atom. The zero-order valence-electron chi connectivity index (χ0n) is 15.7. The first-order valence-electron chi connectivity index (χ1n) is 8.76. The number of primary amides is 1. The summed E-state index contributed by atoms with van der Waals surface area (Å²) in [6.07, 6.45) is 1.99. The van der Waals surface area contributed by atoms with Crippen molar-refractivity contribution in [2.24, 2.45) is 5.73 Å². The summed E-state index contributed by atoms with van der Waals surface area (Å²) in [5, 5.41) is 4.00. The first-order chi connectivity index (χ1) is 13.4. The van der Waals surface area contributed by atoms with Gasteiger partial charge in [0.2, 0.25) is 11.5 Å². The van der Waals surface area contributed by atoms with Crippen LogP contribution in [0.15, 0.2) is 24.4 Å². The fraction of sp³-hybridized carbons (Fsp3) is 0.421. The summed E-state index contributed by atoms with van der Waals surface area (Å²) in [4.78, 5) is 27.6. The van der Waals surface area contributed by atoms with Gasteiger partial charge in [-0.25, -0.2) is 9.37 Å². The van der Waals surface area contributed by atoms with Crippen molar-refractivity contribution < 1.29 is 28.2 Å². The molecule has 0 aliphatic carbocycles. The molecule has 1 aliphatic heterocycles. The van der Waals surface area contributed by atoms with E-state index >= 15 is 0 Å². The van der Waals surface area contributed by atoms with Gasteiger partial charge in [-0.3, -0.25) is 9.59 Å². The van der Waals surface area contributed by atoms with Gasteiger partial charge < -0.3 is 25.3 Å². The van der Waals surface area contributed by atoms with E-state index in [-0.39, 0.29) is 31.2 Å². The number of aromatic nitrogens is 1. The number of nitrogens with two attached hydrogens (primary N) is 1. The lowest BCUT2D eigenvalue weighted by Gasteiger charge is -2.15. The van der Waals surface area contributed by atoms with Crippen LogP contribution >= 0.6 is 0 Å². The van der Waals surface area contributed by atoms with E-state index in [0.29, 0.717) is 23.4 Å². The van der Waals surface area contributed by atoms with Crippen LogP contribution in [0.5, 0.6) is 11.6 Å². The average Bonchev–Trinajstić information content (AvgIpc) is 2.94. The lowest BCUT2D eigenvalue weighted by molar-refractivity contribution is -0.132. The van der Waals surface area contributed by atoms with Crippen LogP contribution in [-0.4, -0.2) is 55.9 Å². The third kappa shape index (κ3) is 3.84. The third-order valence-corrected chi connectivity index (χ3v) is 4.70. The zero-order valence-corrected chi connectivity index (χ0v) is 15.7. The molecule has 1 aromatic heterocycles. The fourth-order valence-corrected chi connectivity index (χ4v) is 3.33. The quantitative estimate of drug-likeness (QED) is 0.702. The van der Waals surface area contributed by atoms with Gasteiger partial charge in [0.05, 0.1) is 25.9 Å². The Balaban J connectivity index is 1.71. The van der Waals surface area contributed by atoms with E-state index < -0.39 is 17.5 Å². The Hall–Kier alpha value is -2.94. The second-order valence-electron chi connectivity index (χ2n) is 6.66.